The zero-order valence-electron chi connectivity index (χ0n) is 8.29. The van der Waals surface area contributed by atoms with Crippen LogP contribution >= 0.6 is 15.9 Å². The van der Waals surface area contributed by atoms with Crippen molar-refractivity contribution >= 4 is 15.9 Å². The predicted octanol–water partition coefficient (Wildman–Crippen LogP) is 2.66. The molecule has 1 aromatic rings. The summed E-state index contributed by atoms with van der Waals surface area (Å²) in [5, 5.41) is 0. The van der Waals surface area contributed by atoms with E-state index in [2.05, 4.69) is 26.9 Å². The van der Waals surface area contributed by atoms with Gasteiger partial charge in [0.15, 0.2) is 0 Å². The average Bonchev–Trinajstić information content (AvgIpc) is 2.13. The Morgan fingerprint density at radius 2 is 2.21 bits per heavy atom. The summed E-state index contributed by atoms with van der Waals surface area (Å²) in [6.45, 7) is 3.48. The van der Waals surface area contributed by atoms with E-state index in [-0.39, 0.29) is 0 Å². The highest BCUT2D eigenvalue weighted by molar-refractivity contribution is 9.10. The van der Waals surface area contributed by atoms with Crippen LogP contribution in [0.2, 0.25) is 0 Å². The third-order valence-corrected chi connectivity index (χ3v) is 3.51. The van der Waals surface area contributed by atoms with Gasteiger partial charge in [-0.15, -0.1) is 0 Å². The molecule has 0 N–H and O–H groups in total. The first-order valence-corrected chi connectivity index (χ1v) is 5.64. The topological polar surface area (TPSA) is 12.5 Å². The predicted molar refractivity (Wildman–Crippen MR) is 60.6 cm³/mol. The van der Waals surface area contributed by atoms with Crippen LogP contribution in [-0.2, 0) is 6.54 Å². The van der Waals surface area contributed by atoms with Crippen molar-refractivity contribution in [1.29, 1.82) is 0 Å². The Morgan fingerprint density at radius 3 is 2.79 bits per heavy atom. The molecule has 1 aromatic carbocycles. The minimum atomic E-state index is 0.919. The van der Waals surface area contributed by atoms with Crippen LogP contribution in [0.5, 0.6) is 5.75 Å². The third-order valence-electron chi connectivity index (χ3n) is 2.61. The number of rotatable bonds is 3. The standard InChI is InChI=1S/C11H14BrNO/c1-14-10-5-2-4-9(11(10)12)8-13-6-3-7-13/h2,4-5H,3,6-8H2,1H3. The normalized spacial score (nSPS) is 16.4. The highest BCUT2D eigenvalue weighted by Crippen LogP contribution is 2.29. The molecular weight excluding hydrogens is 242 g/mol. The largest absolute Gasteiger partial charge is 0.496 e. The van der Waals surface area contributed by atoms with Crippen LogP contribution in [0.1, 0.15) is 12.0 Å². The second-order valence-corrected chi connectivity index (χ2v) is 4.36. The van der Waals surface area contributed by atoms with Crippen LogP contribution in [0, 0.1) is 0 Å². The Labute approximate surface area is 93.0 Å². The lowest BCUT2D eigenvalue weighted by atomic mass is 10.1. The van der Waals surface area contributed by atoms with Crippen molar-refractivity contribution in [2.24, 2.45) is 0 Å². The molecule has 1 aliphatic heterocycles. The maximum absolute atomic E-state index is 5.25. The van der Waals surface area contributed by atoms with E-state index in [4.69, 9.17) is 4.74 Å². The maximum atomic E-state index is 5.25. The molecule has 0 aromatic heterocycles. The van der Waals surface area contributed by atoms with Crippen LogP contribution in [-0.4, -0.2) is 25.1 Å². The van der Waals surface area contributed by atoms with E-state index in [1.165, 1.54) is 25.1 Å². The van der Waals surface area contributed by atoms with Gasteiger partial charge < -0.3 is 4.74 Å². The van der Waals surface area contributed by atoms with Crippen LogP contribution in [0.15, 0.2) is 22.7 Å². The molecular formula is C11H14BrNO. The van der Waals surface area contributed by atoms with E-state index in [1.54, 1.807) is 7.11 Å². The van der Waals surface area contributed by atoms with Gasteiger partial charge >= 0.3 is 0 Å². The summed E-state index contributed by atoms with van der Waals surface area (Å²) in [7, 11) is 1.70. The number of halogens is 1. The van der Waals surface area contributed by atoms with E-state index in [0.717, 1.165) is 16.8 Å². The zero-order chi connectivity index (χ0) is 9.97. The molecule has 14 heavy (non-hydrogen) atoms. The summed E-state index contributed by atoms with van der Waals surface area (Å²) in [5.74, 6) is 0.919. The summed E-state index contributed by atoms with van der Waals surface area (Å²) < 4.78 is 6.35. The third kappa shape index (κ3) is 1.93. The molecule has 1 saturated heterocycles. The molecule has 2 nitrogen and oxygen atoms in total. The Morgan fingerprint density at radius 1 is 1.43 bits per heavy atom. The van der Waals surface area contributed by atoms with Gasteiger partial charge in [-0.2, -0.15) is 0 Å². The lowest BCUT2D eigenvalue weighted by Gasteiger charge is -2.31. The minimum absolute atomic E-state index is 0.919. The van der Waals surface area contributed by atoms with E-state index in [0.29, 0.717) is 0 Å². The van der Waals surface area contributed by atoms with Gasteiger partial charge in [0, 0.05) is 6.54 Å². The van der Waals surface area contributed by atoms with Gasteiger partial charge in [0.05, 0.1) is 11.6 Å². The van der Waals surface area contributed by atoms with Crippen LogP contribution < -0.4 is 4.74 Å². The Balaban J connectivity index is 2.15. The number of hydrogen-bond donors (Lipinski definition) is 0. The molecule has 1 fully saturated rings. The molecule has 0 radical (unpaired) electrons. The summed E-state index contributed by atoms with van der Waals surface area (Å²) in [6.07, 6.45) is 1.33. The number of likely N-dealkylation sites (tertiary alicyclic amines) is 1. The highest BCUT2D eigenvalue weighted by Gasteiger charge is 2.16. The van der Waals surface area contributed by atoms with Crippen molar-refractivity contribution in [3.63, 3.8) is 0 Å². The smallest absolute Gasteiger partial charge is 0.133 e. The number of nitrogens with zero attached hydrogens (tertiary/aromatic N) is 1. The molecule has 2 rings (SSSR count). The van der Waals surface area contributed by atoms with Gasteiger partial charge in [0.1, 0.15) is 5.75 Å². The van der Waals surface area contributed by atoms with Crippen molar-refractivity contribution in [3.05, 3.63) is 28.2 Å². The van der Waals surface area contributed by atoms with Gasteiger partial charge in [-0.3, -0.25) is 4.90 Å². The first kappa shape index (κ1) is 9.99. The number of hydrogen-bond acceptors (Lipinski definition) is 2. The van der Waals surface area contributed by atoms with Gasteiger partial charge in [-0.05, 0) is 47.1 Å². The van der Waals surface area contributed by atoms with Gasteiger partial charge in [-0.25, -0.2) is 0 Å². The van der Waals surface area contributed by atoms with E-state index < -0.39 is 0 Å². The molecule has 0 bridgehead atoms. The van der Waals surface area contributed by atoms with Gasteiger partial charge in [0.2, 0.25) is 0 Å². The van der Waals surface area contributed by atoms with E-state index in [1.807, 2.05) is 12.1 Å². The van der Waals surface area contributed by atoms with Crippen LogP contribution in [0.25, 0.3) is 0 Å². The fraction of sp³-hybridized carbons (Fsp3) is 0.455. The quantitative estimate of drug-likeness (QED) is 0.824. The second kappa shape index (κ2) is 4.32. The van der Waals surface area contributed by atoms with Crippen LogP contribution in [0.4, 0.5) is 0 Å². The molecule has 1 aliphatic rings. The van der Waals surface area contributed by atoms with Gasteiger partial charge in [-0.1, -0.05) is 12.1 Å². The van der Waals surface area contributed by atoms with Gasteiger partial charge in [0.25, 0.3) is 0 Å². The monoisotopic (exact) mass is 255 g/mol. The minimum Gasteiger partial charge on any atom is -0.496 e. The lowest BCUT2D eigenvalue weighted by molar-refractivity contribution is 0.172. The molecule has 76 valence electrons. The number of methoxy groups -OCH3 is 1. The summed E-state index contributed by atoms with van der Waals surface area (Å²) >= 11 is 3.57. The molecule has 0 unspecified atom stereocenters. The van der Waals surface area contributed by atoms with Crippen molar-refractivity contribution in [2.45, 2.75) is 13.0 Å². The van der Waals surface area contributed by atoms with Crippen molar-refractivity contribution in [1.82, 2.24) is 4.90 Å². The molecule has 0 spiro atoms. The fourth-order valence-electron chi connectivity index (χ4n) is 1.62. The fourth-order valence-corrected chi connectivity index (χ4v) is 2.17. The maximum Gasteiger partial charge on any atom is 0.133 e. The first-order chi connectivity index (χ1) is 6.81. The Kier molecular flexibility index (Phi) is 3.08. The summed E-state index contributed by atoms with van der Waals surface area (Å²) in [4.78, 5) is 2.43. The summed E-state index contributed by atoms with van der Waals surface area (Å²) in [6, 6.07) is 6.16. The SMILES string of the molecule is COc1cccc(CN2CCC2)c1Br. The Bertz CT molecular complexity index is 323. The molecule has 0 amide bonds. The molecule has 1 heterocycles. The molecule has 0 aliphatic carbocycles. The number of benzene rings is 1. The van der Waals surface area contributed by atoms with E-state index >= 15 is 0 Å². The van der Waals surface area contributed by atoms with Crippen LogP contribution in [0.3, 0.4) is 0 Å². The van der Waals surface area contributed by atoms with Crippen molar-refractivity contribution in [3.8, 4) is 5.75 Å². The second-order valence-electron chi connectivity index (χ2n) is 3.56. The summed E-state index contributed by atoms with van der Waals surface area (Å²) in [5.41, 5.74) is 1.31. The van der Waals surface area contributed by atoms with Crippen molar-refractivity contribution < 1.29 is 4.74 Å². The van der Waals surface area contributed by atoms with E-state index in [9.17, 15) is 0 Å². The molecule has 0 saturated carbocycles. The zero-order valence-corrected chi connectivity index (χ0v) is 9.88. The lowest BCUT2D eigenvalue weighted by Crippen LogP contribution is -2.36. The highest BCUT2D eigenvalue weighted by atomic mass is 79.9. The average molecular weight is 256 g/mol. The number of ether oxygens (including phenoxy) is 1. The van der Waals surface area contributed by atoms with Crippen molar-refractivity contribution in [2.75, 3.05) is 20.2 Å². The Hall–Kier alpha value is -0.540. The molecule has 0 atom stereocenters. The first-order valence-electron chi connectivity index (χ1n) is 4.85. The molecule has 3 heteroatoms.